The highest BCUT2D eigenvalue weighted by Gasteiger charge is 2.59. The van der Waals surface area contributed by atoms with E-state index in [9.17, 15) is 5.11 Å². The molecule has 1 heterocycles. The number of rotatable bonds is 4. The minimum absolute atomic E-state index is 0.107. The van der Waals surface area contributed by atoms with E-state index in [1.807, 2.05) is 18.3 Å². The van der Waals surface area contributed by atoms with Gasteiger partial charge in [0.1, 0.15) is 0 Å². The third-order valence-corrected chi connectivity index (χ3v) is 10.2. The maximum absolute atomic E-state index is 10.2. The van der Waals surface area contributed by atoms with E-state index in [0.717, 1.165) is 49.0 Å². The molecule has 0 spiro atoms. The lowest BCUT2D eigenvalue weighted by Gasteiger charge is -2.58. The average molecular weight is 424 g/mol. The minimum Gasteiger partial charge on any atom is -0.477 e. The molecule has 5 rings (SSSR count). The maximum atomic E-state index is 10.2. The fourth-order valence-corrected chi connectivity index (χ4v) is 8.54. The Morgan fingerprint density at radius 3 is 2.81 bits per heavy atom. The summed E-state index contributed by atoms with van der Waals surface area (Å²) in [5.74, 6) is 4.57. The molecule has 0 bridgehead atoms. The van der Waals surface area contributed by atoms with Crippen molar-refractivity contribution in [3.63, 3.8) is 0 Å². The van der Waals surface area contributed by atoms with Crippen LogP contribution in [0.1, 0.15) is 77.7 Å². The predicted octanol–water partition coefficient (Wildman–Crippen LogP) is 6.34. The zero-order valence-corrected chi connectivity index (χ0v) is 19.9. The van der Waals surface area contributed by atoms with Crippen molar-refractivity contribution >= 4 is 0 Å². The normalized spacial score (nSPS) is 42.7. The fourth-order valence-electron chi connectivity index (χ4n) is 8.54. The lowest BCUT2D eigenvalue weighted by Crippen LogP contribution is -2.51. The number of nitrogens with zero attached hydrogens (tertiary/aromatic N) is 1. The molecule has 1 aromatic rings. The fraction of sp³-hybridized carbons (Fsp3) is 0.750. The Hall–Kier alpha value is -1.35. The van der Waals surface area contributed by atoms with Crippen molar-refractivity contribution in [2.45, 2.75) is 85.2 Å². The second kappa shape index (κ2) is 7.90. The summed E-state index contributed by atoms with van der Waals surface area (Å²) in [5, 5.41) is 10.2. The first-order valence-corrected chi connectivity index (χ1v) is 12.7. The molecule has 1 N–H and O–H groups in total. The van der Waals surface area contributed by atoms with Gasteiger partial charge in [-0.3, -0.25) is 0 Å². The Kier molecular flexibility index (Phi) is 5.48. The van der Waals surface area contributed by atoms with Crippen LogP contribution in [-0.4, -0.2) is 22.8 Å². The quantitative estimate of drug-likeness (QED) is 0.574. The highest BCUT2D eigenvalue weighted by atomic mass is 16.5. The molecule has 4 aliphatic carbocycles. The number of ether oxygens (including phenoxy) is 1. The Labute approximate surface area is 188 Å². The molecule has 3 heteroatoms. The number of hydrogen-bond acceptors (Lipinski definition) is 3. The number of fused-ring (bicyclic) bond motifs is 5. The van der Waals surface area contributed by atoms with Crippen LogP contribution in [0.2, 0.25) is 0 Å². The number of allylic oxidation sites excluding steroid dienone is 1. The molecular weight excluding hydrogens is 382 g/mol. The van der Waals surface area contributed by atoms with Gasteiger partial charge in [0.2, 0.25) is 5.88 Å². The number of pyridine rings is 1. The van der Waals surface area contributed by atoms with Crippen LogP contribution in [0, 0.1) is 47.3 Å². The molecule has 3 fully saturated rings. The third kappa shape index (κ3) is 3.56. The van der Waals surface area contributed by atoms with Crippen LogP contribution in [0.3, 0.4) is 0 Å². The summed E-state index contributed by atoms with van der Waals surface area (Å²) in [6.07, 6.45) is 14.1. The van der Waals surface area contributed by atoms with Gasteiger partial charge in [-0.05, 0) is 110 Å². The Bertz CT molecular complexity index is 849. The van der Waals surface area contributed by atoms with Gasteiger partial charge >= 0.3 is 0 Å². The van der Waals surface area contributed by atoms with E-state index in [2.05, 4.69) is 38.8 Å². The summed E-state index contributed by atoms with van der Waals surface area (Å²) >= 11 is 0. The van der Waals surface area contributed by atoms with Gasteiger partial charge in [-0.1, -0.05) is 32.4 Å². The lowest BCUT2D eigenvalue weighted by atomic mass is 9.47. The molecular formula is C28H41NO2. The standard InChI is InChI=1S/C28H41NO2/c1-18-11-14-29-26(15-18)31-17-19(2)23-7-8-24-22-6-5-20-16-21(30)9-12-27(20,3)25(22)10-13-28(23,24)4/h5,11,14-15,19,21-25,30H,6-10,12-13,16-17H2,1-4H3/t19?,21-,22-,23+,24-,25-,27-,28+/m0/s1. The summed E-state index contributed by atoms with van der Waals surface area (Å²) < 4.78 is 6.14. The maximum Gasteiger partial charge on any atom is 0.213 e. The molecule has 0 radical (unpaired) electrons. The van der Waals surface area contributed by atoms with E-state index in [-0.39, 0.29) is 6.10 Å². The molecule has 0 aliphatic heterocycles. The zero-order chi connectivity index (χ0) is 21.8. The molecule has 1 aromatic heterocycles. The summed E-state index contributed by atoms with van der Waals surface area (Å²) in [4.78, 5) is 4.40. The number of aliphatic hydroxyl groups is 1. The van der Waals surface area contributed by atoms with Crippen molar-refractivity contribution in [1.29, 1.82) is 0 Å². The van der Waals surface area contributed by atoms with Gasteiger partial charge in [0.25, 0.3) is 0 Å². The first kappa shape index (κ1) is 21.5. The van der Waals surface area contributed by atoms with E-state index in [4.69, 9.17) is 4.74 Å². The van der Waals surface area contributed by atoms with Crippen molar-refractivity contribution in [2.75, 3.05) is 6.61 Å². The Balaban J connectivity index is 1.31. The second-order valence-electron chi connectivity index (χ2n) is 11.8. The summed E-state index contributed by atoms with van der Waals surface area (Å²) in [6, 6.07) is 4.07. The molecule has 170 valence electrons. The van der Waals surface area contributed by atoms with E-state index >= 15 is 0 Å². The average Bonchev–Trinajstić information content (AvgIpc) is 3.10. The summed E-state index contributed by atoms with van der Waals surface area (Å²) in [5.41, 5.74) is 3.57. The van der Waals surface area contributed by atoms with E-state index in [1.54, 1.807) is 5.57 Å². The van der Waals surface area contributed by atoms with E-state index < -0.39 is 0 Å². The van der Waals surface area contributed by atoms with Crippen LogP contribution in [0.25, 0.3) is 0 Å². The smallest absolute Gasteiger partial charge is 0.213 e. The summed E-state index contributed by atoms with van der Waals surface area (Å²) in [7, 11) is 0. The minimum atomic E-state index is -0.107. The topological polar surface area (TPSA) is 42.4 Å². The van der Waals surface area contributed by atoms with Crippen LogP contribution in [0.5, 0.6) is 5.88 Å². The number of aromatic nitrogens is 1. The van der Waals surface area contributed by atoms with Crippen LogP contribution in [0.4, 0.5) is 0 Å². The van der Waals surface area contributed by atoms with E-state index in [1.165, 1.54) is 44.1 Å². The van der Waals surface area contributed by atoms with Gasteiger partial charge < -0.3 is 9.84 Å². The zero-order valence-electron chi connectivity index (χ0n) is 19.9. The Morgan fingerprint density at radius 2 is 2.00 bits per heavy atom. The van der Waals surface area contributed by atoms with Gasteiger partial charge in [-0.2, -0.15) is 0 Å². The third-order valence-electron chi connectivity index (χ3n) is 10.2. The molecule has 4 aliphatic rings. The molecule has 1 unspecified atom stereocenters. The first-order chi connectivity index (χ1) is 14.8. The molecule has 3 nitrogen and oxygen atoms in total. The molecule has 0 aromatic carbocycles. The highest BCUT2D eigenvalue weighted by Crippen LogP contribution is 2.67. The molecule has 31 heavy (non-hydrogen) atoms. The van der Waals surface area contributed by atoms with Crippen LogP contribution < -0.4 is 4.74 Å². The van der Waals surface area contributed by atoms with Crippen molar-refractivity contribution < 1.29 is 9.84 Å². The highest BCUT2D eigenvalue weighted by molar-refractivity contribution is 5.25. The van der Waals surface area contributed by atoms with Crippen molar-refractivity contribution in [3.05, 3.63) is 35.5 Å². The van der Waals surface area contributed by atoms with Gasteiger partial charge in [0, 0.05) is 12.3 Å². The van der Waals surface area contributed by atoms with Crippen molar-refractivity contribution in [3.8, 4) is 5.88 Å². The number of hydrogen-bond donors (Lipinski definition) is 1. The van der Waals surface area contributed by atoms with Crippen molar-refractivity contribution in [1.82, 2.24) is 4.98 Å². The summed E-state index contributed by atoms with van der Waals surface area (Å²) in [6.45, 7) is 10.4. The SMILES string of the molecule is Cc1ccnc(OCC(C)[C@H]2CC[C@H]3[C@@H]4CC=C5C[C@@H](O)CC[C@]5(C)[C@H]4CC[C@]23C)c1. The van der Waals surface area contributed by atoms with Crippen LogP contribution in [-0.2, 0) is 0 Å². The molecule has 3 saturated carbocycles. The molecule has 0 saturated heterocycles. The predicted molar refractivity (Wildman–Crippen MR) is 125 cm³/mol. The number of aryl methyl sites for hydroxylation is 1. The van der Waals surface area contributed by atoms with Gasteiger partial charge in [-0.15, -0.1) is 0 Å². The van der Waals surface area contributed by atoms with Crippen LogP contribution in [0.15, 0.2) is 30.0 Å². The van der Waals surface area contributed by atoms with Crippen molar-refractivity contribution in [2.24, 2.45) is 40.4 Å². The monoisotopic (exact) mass is 423 g/mol. The molecule has 0 amide bonds. The van der Waals surface area contributed by atoms with Gasteiger partial charge in [0.05, 0.1) is 12.7 Å². The number of aliphatic hydroxyl groups excluding tert-OH is 1. The van der Waals surface area contributed by atoms with E-state index in [0.29, 0.717) is 16.7 Å². The molecule has 8 atom stereocenters. The Morgan fingerprint density at radius 1 is 1.16 bits per heavy atom. The van der Waals surface area contributed by atoms with Gasteiger partial charge in [0.15, 0.2) is 0 Å². The van der Waals surface area contributed by atoms with Crippen LogP contribution >= 0.6 is 0 Å². The largest absolute Gasteiger partial charge is 0.477 e. The first-order valence-electron chi connectivity index (χ1n) is 12.7. The lowest BCUT2D eigenvalue weighted by molar-refractivity contribution is -0.0592. The van der Waals surface area contributed by atoms with Gasteiger partial charge in [-0.25, -0.2) is 4.98 Å². The second-order valence-corrected chi connectivity index (χ2v) is 11.8.